The van der Waals surface area contributed by atoms with E-state index in [9.17, 15) is 0 Å². The average molecular weight is 330 g/mol. The minimum Gasteiger partial charge on any atom is -0.256 e. The molecule has 2 aromatic rings. The van der Waals surface area contributed by atoms with E-state index in [2.05, 4.69) is 74.1 Å². The molecule has 1 nitrogen and oxygen atoms in total. The molecule has 2 heteroatoms. The molecular formula is C18H20BrN. The highest BCUT2D eigenvalue weighted by molar-refractivity contribution is 9.10. The number of fused-ring (bicyclic) bond motifs is 1. The Balaban J connectivity index is 2.15. The highest BCUT2D eigenvalue weighted by Gasteiger charge is 2.42. The molecular weight excluding hydrogens is 310 g/mol. The van der Waals surface area contributed by atoms with Gasteiger partial charge in [0.1, 0.15) is 0 Å². The molecule has 0 spiro atoms. The summed E-state index contributed by atoms with van der Waals surface area (Å²) in [6.45, 7) is 9.32. The van der Waals surface area contributed by atoms with Gasteiger partial charge in [0.15, 0.2) is 0 Å². The third kappa shape index (κ3) is 2.20. The van der Waals surface area contributed by atoms with Crippen LogP contribution in [-0.4, -0.2) is 4.98 Å². The Hall–Kier alpha value is -1.15. The second kappa shape index (κ2) is 4.42. The third-order valence-corrected chi connectivity index (χ3v) is 4.86. The first-order chi connectivity index (χ1) is 9.29. The first-order valence-electron chi connectivity index (χ1n) is 7.07. The molecule has 1 aromatic heterocycles. The van der Waals surface area contributed by atoms with Gasteiger partial charge in [0.05, 0.1) is 5.69 Å². The topological polar surface area (TPSA) is 12.9 Å². The number of hydrogen-bond acceptors (Lipinski definition) is 1. The number of aromatic nitrogens is 1. The number of nitrogens with zero attached hydrogens (tertiary/aromatic N) is 1. The Morgan fingerprint density at radius 2 is 1.70 bits per heavy atom. The highest BCUT2D eigenvalue weighted by atomic mass is 79.9. The van der Waals surface area contributed by atoms with Crippen LogP contribution in [-0.2, 0) is 10.8 Å². The van der Waals surface area contributed by atoms with E-state index in [4.69, 9.17) is 4.98 Å². The third-order valence-electron chi connectivity index (χ3n) is 4.37. The van der Waals surface area contributed by atoms with E-state index in [1.165, 1.54) is 23.1 Å². The second-order valence-electron chi connectivity index (χ2n) is 7.07. The number of rotatable bonds is 1. The average Bonchev–Trinajstić information content (AvgIpc) is 2.55. The maximum absolute atomic E-state index is 4.70. The largest absolute Gasteiger partial charge is 0.256 e. The summed E-state index contributed by atoms with van der Waals surface area (Å²) in [5, 5.41) is 0. The molecule has 0 saturated heterocycles. The summed E-state index contributed by atoms with van der Waals surface area (Å²) in [6, 6.07) is 10.6. The van der Waals surface area contributed by atoms with Gasteiger partial charge in [0, 0.05) is 16.2 Å². The van der Waals surface area contributed by atoms with Crippen LogP contribution in [0, 0.1) is 0 Å². The zero-order valence-electron chi connectivity index (χ0n) is 12.5. The van der Waals surface area contributed by atoms with Crippen molar-refractivity contribution in [2.24, 2.45) is 0 Å². The van der Waals surface area contributed by atoms with Gasteiger partial charge in [0.2, 0.25) is 0 Å². The molecule has 20 heavy (non-hydrogen) atoms. The van der Waals surface area contributed by atoms with Crippen molar-refractivity contribution in [1.29, 1.82) is 0 Å². The van der Waals surface area contributed by atoms with Gasteiger partial charge in [-0.3, -0.25) is 4.98 Å². The van der Waals surface area contributed by atoms with Crippen LogP contribution in [0.4, 0.5) is 0 Å². The Kier molecular flexibility index (Phi) is 3.06. The Bertz CT molecular complexity index is 671. The number of hydrogen-bond donors (Lipinski definition) is 0. The van der Waals surface area contributed by atoms with E-state index in [0.29, 0.717) is 0 Å². The van der Waals surface area contributed by atoms with Crippen molar-refractivity contribution in [3.05, 3.63) is 52.1 Å². The summed E-state index contributed by atoms with van der Waals surface area (Å²) >= 11 is 3.53. The van der Waals surface area contributed by atoms with Gasteiger partial charge in [-0.1, -0.05) is 55.8 Å². The van der Waals surface area contributed by atoms with Crippen molar-refractivity contribution in [2.45, 2.75) is 44.9 Å². The first kappa shape index (κ1) is 13.8. The highest BCUT2D eigenvalue weighted by Crippen LogP contribution is 2.49. The van der Waals surface area contributed by atoms with E-state index >= 15 is 0 Å². The predicted octanol–water partition coefficient (Wildman–Crippen LogP) is 5.47. The zero-order chi connectivity index (χ0) is 14.5. The Morgan fingerprint density at radius 3 is 2.40 bits per heavy atom. The molecule has 104 valence electrons. The Morgan fingerprint density at radius 1 is 1.00 bits per heavy atom. The molecule has 1 aliphatic rings. The lowest BCUT2D eigenvalue weighted by molar-refractivity contribution is 0.403. The molecule has 0 N–H and O–H groups in total. The molecule has 1 aliphatic carbocycles. The first-order valence-corrected chi connectivity index (χ1v) is 7.86. The van der Waals surface area contributed by atoms with Crippen LogP contribution in [0.15, 0.2) is 41.0 Å². The molecule has 0 saturated carbocycles. The minimum absolute atomic E-state index is 0.224. The van der Waals surface area contributed by atoms with Crippen molar-refractivity contribution in [1.82, 2.24) is 4.98 Å². The van der Waals surface area contributed by atoms with E-state index in [1.807, 2.05) is 6.07 Å². The van der Waals surface area contributed by atoms with Crippen molar-refractivity contribution >= 4 is 15.9 Å². The number of halogens is 1. The van der Waals surface area contributed by atoms with Gasteiger partial charge in [0.25, 0.3) is 0 Å². The van der Waals surface area contributed by atoms with Crippen molar-refractivity contribution < 1.29 is 0 Å². The standard InChI is InChI=1S/C18H20BrN/c1-17(2)11-18(3,4)15-10-20-16(9-14(15)17)12-6-5-7-13(19)8-12/h5-10H,11H2,1-4H3. The quantitative estimate of drug-likeness (QED) is 0.676. The van der Waals surface area contributed by atoms with E-state index in [0.717, 1.165) is 10.2 Å². The molecule has 1 aromatic carbocycles. The van der Waals surface area contributed by atoms with Crippen LogP contribution in [0.2, 0.25) is 0 Å². The monoisotopic (exact) mass is 329 g/mol. The van der Waals surface area contributed by atoms with E-state index in [1.54, 1.807) is 0 Å². The van der Waals surface area contributed by atoms with Crippen LogP contribution < -0.4 is 0 Å². The number of pyridine rings is 1. The summed E-state index contributed by atoms with van der Waals surface area (Å²) in [5.41, 5.74) is 5.54. The summed E-state index contributed by atoms with van der Waals surface area (Å²) in [5.74, 6) is 0. The molecule has 0 fully saturated rings. The predicted molar refractivity (Wildman–Crippen MR) is 88.0 cm³/mol. The van der Waals surface area contributed by atoms with Crippen LogP contribution in [0.1, 0.15) is 45.2 Å². The van der Waals surface area contributed by atoms with Gasteiger partial charge >= 0.3 is 0 Å². The normalized spacial score (nSPS) is 18.9. The summed E-state index contributed by atoms with van der Waals surface area (Å²) < 4.78 is 1.09. The zero-order valence-corrected chi connectivity index (χ0v) is 14.1. The molecule has 0 radical (unpaired) electrons. The van der Waals surface area contributed by atoms with Crippen molar-refractivity contribution in [2.75, 3.05) is 0 Å². The van der Waals surface area contributed by atoms with Crippen molar-refractivity contribution in [3.8, 4) is 11.3 Å². The lowest BCUT2D eigenvalue weighted by Crippen LogP contribution is -2.17. The molecule has 0 amide bonds. The van der Waals surface area contributed by atoms with Crippen LogP contribution >= 0.6 is 15.9 Å². The summed E-state index contributed by atoms with van der Waals surface area (Å²) in [7, 11) is 0. The van der Waals surface area contributed by atoms with Crippen LogP contribution in [0.25, 0.3) is 11.3 Å². The molecule has 0 unspecified atom stereocenters. The summed E-state index contributed by atoms with van der Waals surface area (Å²) in [6.07, 6.45) is 3.26. The Labute approximate surface area is 129 Å². The van der Waals surface area contributed by atoms with Gasteiger partial charge in [-0.15, -0.1) is 0 Å². The van der Waals surface area contributed by atoms with Gasteiger partial charge in [-0.05, 0) is 46.6 Å². The fraction of sp³-hybridized carbons (Fsp3) is 0.389. The molecule has 1 heterocycles. The SMILES string of the molecule is CC1(C)CC(C)(C)c2cc(-c3cccc(Br)c3)ncc21. The summed E-state index contributed by atoms with van der Waals surface area (Å²) in [4.78, 5) is 4.70. The molecule has 0 atom stereocenters. The van der Waals surface area contributed by atoms with E-state index < -0.39 is 0 Å². The van der Waals surface area contributed by atoms with Crippen molar-refractivity contribution in [3.63, 3.8) is 0 Å². The smallest absolute Gasteiger partial charge is 0.0705 e. The maximum Gasteiger partial charge on any atom is 0.0705 e. The molecule has 0 bridgehead atoms. The van der Waals surface area contributed by atoms with Gasteiger partial charge < -0.3 is 0 Å². The second-order valence-corrected chi connectivity index (χ2v) is 7.99. The van der Waals surface area contributed by atoms with Gasteiger partial charge in [-0.25, -0.2) is 0 Å². The van der Waals surface area contributed by atoms with Crippen LogP contribution in [0.3, 0.4) is 0 Å². The maximum atomic E-state index is 4.70. The lowest BCUT2D eigenvalue weighted by atomic mass is 9.82. The fourth-order valence-electron chi connectivity index (χ4n) is 3.66. The van der Waals surface area contributed by atoms with E-state index in [-0.39, 0.29) is 10.8 Å². The molecule has 0 aliphatic heterocycles. The van der Waals surface area contributed by atoms with Gasteiger partial charge in [-0.2, -0.15) is 0 Å². The lowest BCUT2D eigenvalue weighted by Gasteiger charge is -2.22. The minimum atomic E-state index is 0.224. The molecule has 3 rings (SSSR count). The number of benzene rings is 1. The fourth-order valence-corrected chi connectivity index (χ4v) is 4.05. The van der Waals surface area contributed by atoms with Crippen LogP contribution in [0.5, 0.6) is 0 Å².